The van der Waals surface area contributed by atoms with Crippen LogP contribution in [0.2, 0.25) is 0 Å². The van der Waals surface area contributed by atoms with E-state index in [9.17, 15) is 14.0 Å². The first-order valence-electron chi connectivity index (χ1n) is 8.88. The number of hydrogen-bond acceptors (Lipinski definition) is 5. The average Bonchev–Trinajstić information content (AvgIpc) is 3.18. The summed E-state index contributed by atoms with van der Waals surface area (Å²) in [5, 5.41) is 7.43. The number of amides is 1. The summed E-state index contributed by atoms with van der Waals surface area (Å²) in [7, 11) is 0. The van der Waals surface area contributed by atoms with E-state index in [0.717, 1.165) is 5.69 Å². The van der Waals surface area contributed by atoms with E-state index in [1.165, 1.54) is 29.7 Å². The maximum atomic E-state index is 13.1. The Labute approximate surface area is 165 Å². The first kappa shape index (κ1) is 18.5. The lowest BCUT2D eigenvalue weighted by atomic mass is 9.78. The number of thiazole rings is 1. The highest BCUT2D eigenvalue weighted by Crippen LogP contribution is 2.38. The van der Waals surface area contributed by atoms with Gasteiger partial charge in [0.25, 0.3) is 5.91 Å². The number of Topliss-reactive ketones (excluding diaryl/α,β-unsaturated/α-hetero) is 1. The van der Waals surface area contributed by atoms with Gasteiger partial charge in [0.1, 0.15) is 5.82 Å². The number of fused-ring (bicyclic) bond motifs is 1. The molecule has 2 aromatic heterocycles. The summed E-state index contributed by atoms with van der Waals surface area (Å²) in [5.74, 6) is -0.606. The van der Waals surface area contributed by atoms with Crippen molar-refractivity contribution in [2.75, 3.05) is 5.32 Å². The lowest BCUT2D eigenvalue weighted by molar-refractivity contribution is 0.0915. The van der Waals surface area contributed by atoms with E-state index in [1.54, 1.807) is 23.7 Å². The maximum absolute atomic E-state index is 13.1. The Hall–Kier alpha value is -2.87. The minimum atomic E-state index is -0.344. The number of carbonyl (C=O) groups excluding carboxylic acids is 2. The van der Waals surface area contributed by atoms with Crippen molar-refractivity contribution >= 4 is 28.2 Å². The molecule has 144 valence electrons. The van der Waals surface area contributed by atoms with Gasteiger partial charge in [0.15, 0.2) is 10.9 Å². The standard InChI is InChI=1S/C20H19FN4O2S/c1-11-14(10-22-25(11)13-6-4-12(21)5-7-13)18(27)24-19-23-15-8-20(2,3)9-16(26)17(15)28-19/h4-7,10H,8-9H2,1-3H3,(H,23,24,27). The second-order valence-corrected chi connectivity index (χ2v) is 8.72. The zero-order chi connectivity index (χ0) is 20.1. The van der Waals surface area contributed by atoms with E-state index in [2.05, 4.69) is 15.4 Å². The van der Waals surface area contributed by atoms with Gasteiger partial charge in [0.2, 0.25) is 0 Å². The van der Waals surface area contributed by atoms with Crippen LogP contribution in [0.4, 0.5) is 9.52 Å². The number of benzene rings is 1. The molecule has 3 aromatic rings. The van der Waals surface area contributed by atoms with E-state index >= 15 is 0 Å². The molecule has 0 unspecified atom stereocenters. The normalized spacial score (nSPS) is 15.4. The van der Waals surface area contributed by atoms with E-state index in [4.69, 9.17) is 0 Å². The minimum absolute atomic E-state index is 0.0737. The van der Waals surface area contributed by atoms with Crippen LogP contribution in [0.25, 0.3) is 5.69 Å². The molecular weight excluding hydrogens is 379 g/mol. The summed E-state index contributed by atoms with van der Waals surface area (Å²) in [6.45, 7) is 5.85. The van der Waals surface area contributed by atoms with E-state index in [-0.39, 0.29) is 22.9 Å². The molecule has 0 aliphatic heterocycles. The third-order valence-electron chi connectivity index (χ3n) is 4.78. The van der Waals surface area contributed by atoms with Crippen molar-refractivity contribution in [3.63, 3.8) is 0 Å². The molecule has 28 heavy (non-hydrogen) atoms. The van der Waals surface area contributed by atoms with Crippen LogP contribution in [-0.2, 0) is 6.42 Å². The molecule has 2 heterocycles. The Morgan fingerprint density at radius 1 is 1.25 bits per heavy atom. The molecule has 0 bridgehead atoms. The van der Waals surface area contributed by atoms with Gasteiger partial charge in [0.05, 0.1) is 33.7 Å². The predicted octanol–water partition coefficient (Wildman–Crippen LogP) is 4.18. The Morgan fingerprint density at radius 3 is 2.68 bits per heavy atom. The molecule has 1 aromatic carbocycles. The SMILES string of the molecule is Cc1c(C(=O)Nc2nc3c(s2)C(=O)CC(C)(C)C3)cnn1-c1ccc(F)cc1. The van der Waals surface area contributed by atoms with Crippen molar-refractivity contribution in [3.8, 4) is 5.69 Å². The summed E-state index contributed by atoms with van der Waals surface area (Å²) in [5.41, 5.74) is 2.31. The van der Waals surface area contributed by atoms with E-state index in [1.807, 2.05) is 13.8 Å². The lowest BCUT2D eigenvalue weighted by Gasteiger charge is -2.26. The molecule has 0 saturated carbocycles. The summed E-state index contributed by atoms with van der Waals surface area (Å²) < 4.78 is 14.7. The molecule has 1 aliphatic carbocycles. The Morgan fingerprint density at radius 2 is 1.96 bits per heavy atom. The number of hydrogen-bond donors (Lipinski definition) is 1. The zero-order valence-electron chi connectivity index (χ0n) is 15.7. The molecule has 1 aliphatic rings. The monoisotopic (exact) mass is 398 g/mol. The fraction of sp³-hybridized carbons (Fsp3) is 0.300. The number of nitrogens with one attached hydrogen (secondary N) is 1. The van der Waals surface area contributed by atoms with Crippen molar-refractivity contribution in [2.45, 2.75) is 33.6 Å². The average molecular weight is 398 g/mol. The lowest BCUT2D eigenvalue weighted by Crippen LogP contribution is -2.26. The summed E-state index contributed by atoms with van der Waals surface area (Å²) in [6.07, 6.45) is 2.66. The highest BCUT2D eigenvalue weighted by Gasteiger charge is 2.34. The number of anilines is 1. The first-order chi connectivity index (χ1) is 13.2. The van der Waals surface area contributed by atoms with Crippen LogP contribution in [0.3, 0.4) is 0 Å². The van der Waals surface area contributed by atoms with E-state index in [0.29, 0.717) is 39.8 Å². The van der Waals surface area contributed by atoms with E-state index < -0.39 is 0 Å². The zero-order valence-corrected chi connectivity index (χ0v) is 16.6. The maximum Gasteiger partial charge on any atom is 0.260 e. The third kappa shape index (κ3) is 3.35. The smallest absolute Gasteiger partial charge is 0.260 e. The van der Waals surface area contributed by atoms with Crippen molar-refractivity contribution < 1.29 is 14.0 Å². The highest BCUT2D eigenvalue weighted by molar-refractivity contribution is 7.17. The van der Waals surface area contributed by atoms with Gasteiger partial charge in [0, 0.05) is 6.42 Å². The van der Waals surface area contributed by atoms with Crippen molar-refractivity contribution in [1.29, 1.82) is 0 Å². The Balaban J connectivity index is 1.57. The molecule has 4 rings (SSSR count). The fourth-order valence-electron chi connectivity index (χ4n) is 3.41. The van der Waals surface area contributed by atoms with Crippen molar-refractivity contribution in [1.82, 2.24) is 14.8 Å². The summed E-state index contributed by atoms with van der Waals surface area (Å²) in [4.78, 5) is 30.1. The van der Waals surface area contributed by atoms with Crippen molar-refractivity contribution in [3.05, 3.63) is 58.1 Å². The molecule has 0 fully saturated rings. The van der Waals surface area contributed by atoms with Crippen LogP contribution in [-0.4, -0.2) is 26.5 Å². The van der Waals surface area contributed by atoms with Crippen LogP contribution in [0.1, 0.15) is 51.7 Å². The second-order valence-electron chi connectivity index (χ2n) is 7.72. The van der Waals surface area contributed by atoms with Gasteiger partial charge in [-0.1, -0.05) is 25.2 Å². The number of rotatable bonds is 3. The van der Waals surface area contributed by atoms with Gasteiger partial charge >= 0.3 is 0 Å². The number of ketones is 1. The van der Waals surface area contributed by atoms with Gasteiger partial charge < -0.3 is 0 Å². The van der Waals surface area contributed by atoms with Crippen LogP contribution in [0.5, 0.6) is 0 Å². The van der Waals surface area contributed by atoms with Crippen LogP contribution in [0.15, 0.2) is 30.5 Å². The fourth-order valence-corrected chi connectivity index (χ4v) is 4.33. The van der Waals surface area contributed by atoms with Crippen molar-refractivity contribution in [2.24, 2.45) is 5.41 Å². The molecule has 0 spiro atoms. The first-order valence-corrected chi connectivity index (χ1v) is 9.70. The molecule has 6 nitrogen and oxygen atoms in total. The highest BCUT2D eigenvalue weighted by atomic mass is 32.1. The Bertz CT molecular complexity index is 1080. The second kappa shape index (κ2) is 6.63. The molecule has 1 amide bonds. The minimum Gasteiger partial charge on any atom is -0.298 e. The Kier molecular flexibility index (Phi) is 4.38. The topological polar surface area (TPSA) is 76.9 Å². The van der Waals surface area contributed by atoms with Gasteiger partial charge in [-0.2, -0.15) is 5.10 Å². The summed E-state index contributed by atoms with van der Waals surface area (Å²) in [6, 6.07) is 5.88. The number of nitrogens with zero attached hydrogens (tertiary/aromatic N) is 3. The number of aromatic nitrogens is 3. The molecule has 0 atom stereocenters. The predicted molar refractivity (Wildman–Crippen MR) is 105 cm³/mol. The van der Waals surface area contributed by atoms with Crippen LogP contribution in [0, 0.1) is 18.2 Å². The largest absolute Gasteiger partial charge is 0.298 e. The van der Waals surface area contributed by atoms with Gasteiger partial charge in [-0.15, -0.1) is 0 Å². The van der Waals surface area contributed by atoms with Gasteiger partial charge in [-0.05, 0) is 43.0 Å². The van der Waals surface area contributed by atoms with Gasteiger partial charge in [-0.25, -0.2) is 14.1 Å². The van der Waals surface area contributed by atoms with Crippen LogP contribution < -0.4 is 5.32 Å². The molecule has 0 radical (unpaired) electrons. The third-order valence-corrected chi connectivity index (χ3v) is 5.84. The number of halogens is 1. The molecule has 1 N–H and O–H groups in total. The number of carbonyl (C=O) groups is 2. The van der Waals surface area contributed by atoms with Gasteiger partial charge in [-0.3, -0.25) is 14.9 Å². The molecule has 8 heteroatoms. The van der Waals surface area contributed by atoms with Crippen LogP contribution >= 0.6 is 11.3 Å². The summed E-state index contributed by atoms with van der Waals surface area (Å²) >= 11 is 1.22. The quantitative estimate of drug-likeness (QED) is 0.718. The molecule has 0 saturated heterocycles. The molecular formula is C20H19FN4O2S.